The van der Waals surface area contributed by atoms with Crippen LogP contribution < -0.4 is 4.72 Å². The van der Waals surface area contributed by atoms with Gasteiger partial charge in [0.15, 0.2) is 0 Å². The molecule has 1 aliphatic rings. The minimum Gasteiger partial charge on any atom is -0.372 e. The smallest absolute Gasteiger partial charge is 0.254 e. The Kier molecular flexibility index (Phi) is 5.94. The molecule has 1 N–H and O–H groups in total. The fraction of sp³-hybridized carbons (Fsp3) is 0.350. The summed E-state index contributed by atoms with van der Waals surface area (Å²) in [6.07, 6.45) is -0.0886. The van der Waals surface area contributed by atoms with Crippen LogP contribution in [0.3, 0.4) is 0 Å². The molecule has 0 bridgehead atoms. The Hall–Kier alpha value is -2.22. The van der Waals surface area contributed by atoms with Gasteiger partial charge < -0.3 is 9.64 Å². The number of ether oxygens (including phenoxy) is 1. The molecule has 0 radical (unpaired) electrons. The molecule has 27 heavy (non-hydrogen) atoms. The third kappa shape index (κ3) is 4.94. The average Bonchev–Trinajstić information content (AvgIpc) is 2.66. The number of benzene rings is 2. The third-order valence-corrected chi connectivity index (χ3v) is 5.81. The highest BCUT2D eigenvalue weighted by molar-refractivity contribution is 7.89. The van der Waals surface area contributed by atoms with E-state index < -0.39 is 10.0 Å². The number of sulfonamides is 1. The Balaban J connectivity index is 1.75. The number of nitrogens with one attached hydrogen (secondary N) is 1. The van der Waals surface area contributed by atoms with Crippen LogP contribution in [-0.2, 0) is 21.3 Å². The summed E-state index contributed by atoms with van der Waals surface area (Å²) in [4.78, 5) is 14.6. The highest BCUT2D eigenvalue weighted by Crippen LogP contribution is 2.17. The van der Waals surface area contributed by atoms with E-state index in [1.54, 1.807) is 17.0 Å². The number of carbonyl (C=O) groups excluding carboxylic acids is 1. The average molecular weight is 388 g/mol. The zero-order chi connectivity index (χ0) is 19.4. The third-order valence-electron chi connectivity index (χ3n) is 4.41. The fourth-order valence-corrected chi connectivity index (χ4v) is 4.24. The summed E-state index contributed by atoms with van der Waals surface area (Å²) in [5, 5.41) is 0. The van der Waals surface area contributed by atoms with E-state index in [2.05, 4.69) is 4.72 Å². The van der Waals surface area contributed by atoms with Crippen molar-refractivity contribution in [1.82, 2.24) is 9.62 Å². The van der Waals surface area contributed by atoms with Crippen molar-refractivity contribution in [3.8, 4) is 0 Å². The van der Waals surface area contributed by atoms with Gasteiger partial charge in [-0.05, 0) is 37.6 Å². The van der Waals surface area contributed by atoms with Crippen LogP contribution in [0.15, 0.2) is 59.5 Å². The molecule has 1 heterocycles. The normalized spacial score (nSPS) is 20.4. The molecule has 0 unspecified atom stereocenters. The Morgan fingerprint density at radius 3 is 2.41 bits per heavy atom. The maximum Gasteiger partial charge on any atom is 0.254 e. The summed E-state index contributed by atoms with van der Waals surface area (Å²) in [7, 11) is -3.71. The van der Waals surface area contributed by atoms with Crippen molar-refractivity contribution in [2.24, 2.45) is 0 Å². The first-order chi connectivity index (χ1) is 12.8. The molecule has 0 spiro atoms. The Labute approximate surface area is 160 Å². The van der Waals surface area contributed by atoms with Gasteiger partial charge in [0, 0.05) is 25.2 Å². The molecule has 0 saturated carbocycles. The van der Waals surface area contributed by atoms with Crippen LogP contribution in [0.25, 0.3) is 0 Å². The molecular formula is C20H24N2O4S. The van der Waals surface area contributed by atoms with Crippen LogP contribution in [0.5, 0.6) is 0 Å². The molecule has 2 aromatic carbocycles. The monoisotopic (exact) mass is 388 g/mol. The van der Waals surface area contributed by atoms with Crippen molar-refractivity contribution in [1.29, 1.82) is 0 Å². The first kappa shape index (κ1) is 19.5. The zero-order valence-corrected chi connectivity index (χ0v) is 16.3. The molecule has 144 valence electrons. The van der Waals surface area contributed by atoms with E-state index >= 15 is 0 Å². The van der Waals surface area contributed by atoms with Crippen molar-refractivity contribution < 1.29 is 17.9 Å². The largest absolute Gasteiger partial charge is 0.372 e. The minimum atomic E-state index is -3.71. The number of carbonyl (C=O) groups is 1. The van der Waals surface area contributed by atoms with E-state index in [0.29, 0.717) is 18.7 Å². The predicted molar refractivity (Wildman–Crippen MR) is 103 cm³/mol. The number of hydrogen-bond acceptors (Lipinski definition) is 4. The van der Waals surface area contributed by atoms with E-state index in [1.165, 1.54) is 12.1 Å². The molecule has 6 nitrogen and oxygen atoms in total. The summed E-state index contributed by atoms with van der Waals surface area (Å²) < 4.78 is 33.4. The molecule has 3 rings (SSSR count). The van der Waals surface area contributed by atoms with Crippen LogP contribution in [-0.4, -0.2) is 44.5 Å². The fourth-order valence-electron chi connectivity index (χ4n) is 3.18. The van der Waals surface area contributed by atoms with Crippen LogP contribution in [0.1, 0.15) is 29.8 Å². The highest BCUT2D eigenvalue weighted by atomic mass is 32.2. The summed E-state index contributed by atoms with van der Waals surface area (Å²) >= 11 is 0. The molecule has 0 aromatic heterocycles. The Bertz CT molecular complexity index is 889. The zero-order valence-electron chi connectivity index (χ0n) is 15.5. The standard InChI is InChI=1S/C20H24N2O4S/c1-15-13-22(14-16(2)26-15)20(23)18-9-6-10-19(11-18)27(24,25)21-12-17-7-4-3-5-8-17/h3-11,15-16,21H,12-14H2,1-2H3/t15-,16+. The second kappa shape index (κ2) is 8.21. The van der Waals surface area contributed by atoms with Crippen LogP contribution in [0.2, 0.25) is 0 Å². The van der Waals surface area contributed by atoms with Gasteiger partial charge in [-0.1, -0.05) is 36.4 Å². The van der Waals surface area contributed by atoms with Crippen LogP contribution in [0.4, 0.5) is 0 Å². The van der Waals surface area contributed by atoms with Crippen molar-refractivity contribution in [2.75, 3.05) is 13.1 Å². The summed E-state index contributed by atoms with van der Waals surface area (Å²) in [5.41, 5.74) is 1.23. The lowest BCUT2D eigenvalue weighted by atomic mass is 10.1. The van der Waals surface area contributed by atoms with Crippen molar-refractivity contribution in [3.63, 3.8) is 0 Å². The molecular weight excluding hydrogens is 364 g/mol. The first-order valence-electron chi connectivity index (χ1n) is 8.93. The second-order valence-electron chi connectivity index (χ2n) is 6.81. The minimum absolute atomic E-state index is 0.0443. The molecule has 7 heteroatoms. The lowest BCUT2D eigenvalue weighted by Crippen LogP contribution is -2.48. The van der Waals surface area contributed by atoms with Gasteiger partial charge in [-0.3, -0.25) is 4.79 Å². The number of rotatable bonds is 5. The Morgan fingerprint density at radius 2 is 1.74 bits per heavy atom. The van der Waals surface area contributed by atoms with E-state index in [9.17, 15) is 13.2 Å². The van der Waals surface area contributed by atoms with E-state index in [0.717, 1.165) is 5.56 Å². The van der Waals surface area contributed by atoms with Gasteiger partial charge in [0.25, 0.3) is 5.91 Å². The van der Waals surface area contributed by atoms with E-state index in [1.807, 2.05) is 44.2 Å². The van der Waals surface area contributed by atoms with Gasteiger partial charge in [-0.2, -0.15) is 0 Å². The van der Waals surface area contributed by atoms with E-state index in [4.69, 9.17) is 4.74 Å². The van der Waals surface area contributed by atoms with Crippen LogP contribution in [0, 0.1) is 0 Å². The summed E-state index contributed by atoms with van der Waals surface area (Å²) in [6, 6.07) is 15.4. The molecule has 1 fully saturated rings. The maximum absolute atomic E-state index is 12.8. The number of hydrogen-bond donors (Lipinski definition) is 1. The van der Waals surface area contributed by atoms with Crippen molar-refractivity contribution in [3.05, 3.63) is 65.7 Å². The van der Waals surface area contributed by atoms with Gasteiger partial charge >= 0.3 is 0 Å². The summed E-state index contributed by atoms with van der Waals surface area (Å²) in [6.45, 7) is 5.02. The summed E-state index contributed by atoms with van der Waals surface area (Å²) in [5.74, 6) is -0.183. The quantitative estimate of drug-likeness (QED) is 0.854. The predicted octanol–water partition coefficient (Wildman–Crippen LogP) is 2.41. The maximum atomic E-state index is 12.8. The van der Waals surface area contributed by atoms with Gasteiger partial charge in [0.2, 0.25) is 10.0 Å². The highest BCUT2D eigenvalue weighted by Gasteiger charge is 2.27. The van der Waals surface area contributed by atoms with Gasteiger partial charge in [0.1, 0.15) is 0 Å². The number of morpholine rings is 1. The van der Waals surface area contributed by atoms with E-state index in [-0.39, 0.29) is 29.6 Å². The van der Waals surface area contributed by atoms with Crippen molar-refractivity contribution >= 4 is 15.9 Å². The number of amides is 1. The number of nitrogens with zero attached hydrogens (tertiary/aromatic N) is 1. The Morgan fingerprint density at radius 1 is 1.07 bits per heavy atom. The molecule has 2 aromatic rings. The molecule has 1 saturated heterocycles. The lowest BCUT2D eigenvalue weighted by molar-refractivity contribution is -0.0586. The molecule has 1 aliphatic heterocycles. The van der Waals surface area contributed by atoms with Gasteiger partial charge in [-0.15, -0.1) is 0 Å². The molecule has 1 amide bonds. The van der Waals surface area contributed by atoms with Crippen LogP contribution >= 0.6 is 0 Å². The van der Waals surface area contributed by atoms with Crippen molar-refractivity contribution in [2.45, 2.75) is 37.5 Å². The topological polar surface area (TPSA) is 75.7 Å². The van der Waals surface area contributed by atoms with Gasteiger partial charge in [0.05, 0.1) is 17.1 Å². The SMILES string of the molecule is C[C@@H]1CN(C(=O)c2cccc(S(=O)(=O)NCc3ccccc3)c2)C[C@H](C)O1. The van der Waals surface area contributed by atoms with Gasteiger partial charge in [-0.25, -0.2) is 13.1 Å². The molecule has 0 aliphatic carbocycles. The second-order valence-corrected chi connectivity index (χ2v) is 8.57. The lowest BCUT2D eigenvalue weighted by Gasteiger charge is -2.35. The first-order valence-corrected chi connectivity index (χ1v) is 10.4. The molecule has 2 atom stereocenters.